The van der Waals surface area contributed by atoms with E-state index in [1.165, 1.54) is 0 Å². The fourth-order valence-corrected chi connectivity index (χ4v) is 0. The fraction of sp³-hybridized carbons (Fsp3) is 0. The van der Waals surface area contributed by atoms with Gasteiger partial charge < -0.3 is 0 Å². The average molecular weight is 166 g/mol. The van der Waals surface area contributed by atoms with Gasteiger partial charge in [-0.05, 0) is 0 Å². The van der Waals surface area contributed by atoms with Crippen LogP contribution in [-0.4, -0.2) is 51.4 Å². The van der Waals surface area contributed by atoms with Crippen molar-refractivity contribution in [3.8, 4) is 0 Å². The molecular weight excluding hydrogens is 165 g/mol. The van der Waals surface area contributed by atoms with Crippen molar-refractivity contribution in [1.82, 2.24) is 0 Å². The summed E-state index contributed by atoms with van der Waals surface area (Å²) in [6, 6.07) is 0. The van der Waals surface area contributed by atoms with E-state index < -0.39 is 0 Å². The van der Waals surface area contributed by atoms with Crippen LogP contribution in [0.3, 0.4) is 0 Å². The van der Waals surface area contributed by atoms with E-state index in [2.05, 4.69) is 20.2 Å². The second kappa shape index (κ2) is 9.10. The van der Waals surface area contributed by atoms with Crippen LogP contribution < -0.4 is 0 Å². The van der Waals surface area contributed by atoms with Gasteiger partial charge in [0.2, 0.25) is 16.3 Å². The Hall–Kier alpha value is 1.52. The molecule has 0 saturated heterocycles. The van der Waals surface area contributed by atoms with Crippen LogP contribution in [0.2, 0.25) is 0 Å². The van der Waals surface area contributed by atoms with E-state index in [0.717, 1.165) is 0 Å². The molecule has 26 valence electrons. The molecule has 0 spiro atoms. The van der Waals surface area contributed by atoms with Gasteiger partial charge >= 0.3 is 51.4 Å². The number of rotatable bonds is 1. The molecule has 0 unspecified atom stereocenters. The van der Waals surface area contributed by atoms with Gasteiger partial charge in [0.15, 0.2) is 5.34 Å². The van der Waals surface area contributed by atoms with Crippen molar-refractivity contribution in [3.63, 3.8) is 0 Å². The van der Waals surface area contributed by atoms with Crippen LogP contribution in [0.5, 0.6) is 0 Å². The van der Waals surface area contributed by atoms with E-state index in [4.69, 9.17) is 4.91 Å². The maximum atomic E-state index is 8.65. The van der Waals surface area contributed by atoms with Gasteiger partial charge in [0.1, 0.15) is 0 Å². The molecule has 0 saturated carbocycles. The van der Waals surface area contributed by atoms with E-state index in [0.29, 0.717) is 0 Å². The van der Waals surface area contributed by atoms with Crippen molar-refractivity contribution in [2.45, 2.75) is 0 Å². The zero-order chi connectivity index (χ0) is 3.41. The maximum absolute atomic E-state index is 8.65. The van der Waals surface area contributed by atoms with Crippen LogP contribution in [0.4, 0.5) is 0 Å². The normalized spacial score (nSPS) is 4.20. The minimum absolute atomic E-state index is 0. The van der Waals surface area contributed by atoms with Crippen LogP contribution in [0.25, 0.3) is 0 Å². The molecular formula is HBrKNO2. The standard InChI is InChI=1S/BrNO2.K.H/c1-4-2-3;;. The molecule has 0 bridgehead atoms. The predicted octanol–water partition coefficient (Wildman–Crippen LogP) is 0.346. The van der Waals surface area contributed by atoms with E-state index in [-0.39, 0.29) is 51.4 Å². The van der Waals surface area contributed by atoms with Gasteiger partial charge in [0.25, 0.3) is 0 Å². The Balaban J connectivity index is 0. The summed E-state index contributed by atoms with van der Waals surface area (Å²) in [5.41, 5.74) is 0. The molecule has 0 atom stereocenters. The monoisotopic (exact) mass is 165 g/mol. The van der Waals surface area contributed by atoms with E-state index >= 15 is 0 Å². The summed E-state index contributed by atoms with van der Waals surface area (Å²) in [7, 11) is 0. The van der Waals surface area contributed by atoms with E-state index in [1.807, 2.05) is 5.34 Å². The molecule has 0 radical (unpaired) electrons. The Kier molecular flexibility index (Phi) is 17.7. The zero-order valence-corrected chi connectivity index (χ0v) is 3.23. The number of halogens is 1. The molecule has 3 nitrogen and oxygen atoms in total. The van der Waals surface area contributed by atoms with Crippen molar-refractivity contribution in [2.24, 2.45) is 5.34 Å². The first-order valence-corrected chi connectivity index (χ1v) is 1.17. The van der Waals surface area contributed by atoms with Crippen LogP contribution in [0, 0.1) is 4.91 Å². The molecule has 0 heterocycles. The second-order valence-electron chi connectivity index (χ2n) is 0.144. The quantitative estimate of drug-likeness (QED) is 0.320. The Labute approximate surface area is 80.3 Å². The van der Waals surface area contributed by atoms with Gasteiger partial charge in [-0.25, -0.2) is 0 Å². The Bertz CT molecular complexity index is 23.6. The Morgan fingerprint density at radius 3 is 2.00 bits per heavy atom. The topological polar surface area (TPSA) is 38.7 Å². The molecule has 0 aliphatic carbocycles. The molecule has 0 rings (SSSR count). The second-order valence-corrected chi connectivity index (χ2v) is 0.433. The summed E-state index contributed by atoms with van der Waals surface area (Å²) in [5.74, 6) is 0. The molecule has 0 N–H and O–H groups in total. The van der Waals surface area contributed by atoms with Crippen molar-refractivity contribution in [3.05, 3.63) is 4.91 Å². The van der Waals surface area contributed by atoms with Gasteiger partial charge in [-0.3, -0.25) is 3.93 Å². The third-order valence-corrected chi connectivity index (χ3v) is 0.146. The Morgan fingerprint density at radius 1 is 1.80 bits per heavy atom. The average Bonchev–Trinajstić information content (AvgIpc) is 1.37. The van der Waals surface area contributed by atoms with Gasteiger partial charge in [-0.15, -0.1) is 4.91 Å². The number of nitrogens with zero attached hydrogens (tertiary/aromatic N) is 1. The fourth-order valence-electron chi connectivity index (χ4n) is 0. The van der Waals surface area contributed by atoms with E-state index in [9.17, 15) is 0 Å². The molecule has 0 aromatic rings. The van der Waals surface area contributed by atoms with Crippen LogP contribution in [0.1, 0.15) is 0 Å². The summed E-state index contributed by atoms with van der Waals surface area (Å²) in [6.45, 7) is 0. The zero-order valence-electron chi connectivity index (χ0n) is 1.64. The molecule has 0 aromatic carbocycles. The molecule has 5 heavy (non-hydrogen) atoms. The summed E-state index contributed by atoms with van der Waals surface area (Å²) in [4.78, 5) is 8.65. The molecule has 5 heteroatoms. The molecule has 0 aliphatic heterocycles. The van der Waals surface area contributed by atoms with Crippen LogP contribution in [0.15, 0.2) is 5.34 Å². The van der Waals surface area contributed by atoms with Crippen molar-refractivity contribution >= 4 is 67.6 Å². The predicted molar refractivity (Wildman–Crippen MR) is 23.0 cm³/mol. The Morgan fingerprint density at radius 2 is 2.00 bits per heavy atom. The first-order valence-electron chi connectivity index (χ1n) is 0.519. The number of hydrogen-bond acceptors (Lipinski definition) is 3. The third kappa shape index (κ3) is 10.8. The summed E-state index contributed by atoms with van der Waals surface area (Å²) >= 11 is 2.27. The van der Waals surface area contributed by atoms with Gasteiger partial charge in [-0.2, -0.15) is 0 Å². The SMILES string of the molecule is O=NOBr.[KH]. The van der Waals surface area contributed by atoms with Crippen molar-refractivity contribution in [1.29, 1.82) is 0 Å². The van der Waals surface area contributed by atoms with Gasteiger partial charge in [-0.1, -0.05) is 0 Å². The van der Waals surface area contributed by atoms with Gasteiger partial charge in [0.05, 0.1) is 0 Å². The summed E-state index contributed by atoms with van der Waals surface area (Å²) in [5, 5.41) is 1.90. The van der Waals surface area contributed by atoms with Crippen molar-refractivity contribution in [2.75, 3.05) is 0 Å². The minimum atomic E-state index is 0. The number of hydrogen-bond donors (Lipinski definition) is 0. The molecule has 0 aromatic heterocycles. The first-order chi connectivity index (χ1) is 1.91. The third-order valence-electron chi connectivity index (χ3n) is 0.0282. The summed E-state index contributed by atoms with van der Waals surface area (Å²) in [6.07, 6.45) is 0. The summed E-state index contributed by atoms with van der Waals surface area (Å²) < 4.78 is 3.42. The van der Waals surface area contributed by atoms with Gasteiger partial charge in [0, 0.05) is 0 Å². The van der Waals surface area contributed by atoms with Crippen LogP contribution in [-0.2, 0) is 3.93 Å². The first kappa shape index (κ1) is 9.72. The molecule has 0 amide bonds. The molecule has 0 fully saturated rings. The molecule has 0 aliphatic rings. The van der Waals surface area contributed by atoms with E-state index in [1.54, 1.807) is 0 Å². The van der Waals surface area contributed by atoms with Crippen LogP contribution >= 0.6 is 16.3 Å². The van der Waals surface area contributed by atoms with Crippen molar-refractivity contribution < 1.29 is 3.93 Å².